The predicted molar refractivity (Wildman–Crippen MR) is 111 cm³/mol. The number of hydrogen-bond donors (Lipinski definition) is 4. The van der Waals surface area contributed by atoms with Gasteiger partial charge in [0.2, 0.25) is 5.91 Å². The van der Waals surface area contributed by atoms with Crippen molar-refractivity contribution in [2.75, 3.05) is 19.7 Å². The molecule has 0 saturated heterocycles. The monoisotopic (exact) mass is 424 g/mol. The predicted octanol–water partition coefficient (Wildman–Crippen LogP) is 1.87. The molecule has 0 heterocycles. The van der Waals surface area contributed by atoms with E-state index in [4.69, 9.17) is 9.84 Å². The molecule has 31 heavy (non-hydrogen) atoms. The van der Waals surface area contributed by atoms with Crippen molar-refractivity contribution in [3.05, 3.63) is 59.7 Å². The molecule has 1 fully saturated rings. The molecule has 0 bridgehead atoms. The van der Waals surface area contributed by atoms with Gasteiger partial charge >= 0.3 is 12.1 Å². The van der Waals surface area contributed by atoms with Crippen LogP contribution in [0.25, 0.3) is 11.1 Å². The van der Waals surface area contributed by atoms with Gasteiger partial charge in [0, 0.05) is 12.5 Å². The Morgan fingerprint density at radius 3 is 2.13 bits per heavy atom. The summed E-state index contributed by atoms with van der Waals surface area (Å²) in [5, 5.41) is 23.0. The number of carbonyl (C=O) groups is 3. The second-order valence-electron chi connectivity index (χ2n) is 8.02. The number of alkyl carbamates (subject to hydrolysis) is 1. The number of hydrogen-bond acceptors (Lipinski definition) is 5. The molecule has 4 N–H and O–H groups in total. The van der Waals surface area contributed by atoms with Gasteiger partial charge in [0.15, 0.2) is 6.10 Å². The Bertz CT molecular complexity index is 971. The Labute approximate surface area is 179 Å². The SMILES string of the molecule is O=C(NCC1(C(=O)NCC(O)C(=O)O)CC1)OCC1c2ccccc2-c2ccccc21. The van der Waals surface area contributed by atoms with E-state index in [1.54, 1.807) is 0 Å². The molecule has 0 aliphatic heterocycles. The number of amides is 2. The van der Waals surface area contributed by atoms with Crippen LogP contribution < -0.4 is 10.6 Å². The van der Waals surface area contributed by atoms with Crippen LogP contribution in [-0.2, 0) is 14.3 Å². The molecule has 8 nitrogen and oxygen atoms in total. The smallest absolute Gasteiger partial charge is 0.407 e. The van der Waals surface area contributed by atoms with Gasteiger partial charge < -0.3 is 25.6 Å². The van der Waals surface area contributed by atoms with Crippen LogP contribution in [0, 0.1) is 5.41 Å². The molecule has 162 valence electrons. The van der Waals surface area contributed by atoms with E-state index in [1.807, 2.05) is 36.4 Å². The third-order valence-electron chi connectivity index (χ3n) is 5.99. The molecule has 0 spiro atoms. The zero-order chi connectivity index (χ0) is 22.0. The number of nitrogens with one attached hydrogen (secondary N) is 2. The average Bonchev–Trinajstić information content (AvgIpc) is 3.51. The summed E-state index contributed by atoms with van der Waals surface area (Å²) in [6, 6.07) is 16.1. The number of rotatable bonds is 8. The molecule has 1 unspecified atom stereocenters. The molecule has 2 aliphatic rings. The normalized spacial score (nSPS) is 16.5. The summed E-state index contributed by atoms with van der Waals surface area (Å²) in [7, 11) is 0. The van der Waals surface area contributed by atoms with Crippen molar-refractivity contribution in [2.45, 2.75) is 24.9 Å². The molecule has 1 atom stereocenters. The van der Waals surface area contributed by atoms with E-state index < -0.39 is 23.6 Å². The van der Waals surface area contributed by atoms with Crippen molar-refractivity contribution in [1.82, 2.24) is 10.6 Å². The Balaban J connectivity index is 1.30. The molecule has 2 aromatic carbocycles. The minimum atomic E-state index is -1.66. The number of aliphatic hydroxyl groups is 1. The highest BCUT2D eigenvalue weighted by molar-refractivity contribution is 5.86. The maximum absolute atomic E-state index is 12.3. The van der Waals surface area contributed by atoms with Gasteiger partial charge in [-0.1, -0.05) is 48.5 Å². The Morgan fingerprint density at radius 1 is 1.00 bits per heavy atom. The fourth-order valence-corrected chi connectivity index (χ4v) is 3.99. The van der Waals surface area contributed by atoms with Gasteiger partial charge in [0.1, 0.15) is 6.61 Å². The number of fused-ring (bicyclic) bond motifs is 3. The van der Waals surface area contributed by atoms with Crippen LogP contribution in [0.15, 0.2) is 48.5 Å². The number of carbonyl (C=O) groups excluding carboxylic acids is 2. The second kappa shape index (κ2) is 8.39. The summed E-state index contributed by atoms with van der Waals surface area (Å²) in [6.07, 6.45) is -1.11. The highest BCUT2D eigenvalue weighted by atomic mass is 16.5. The highest BCUT2D eigenvalue weighted by Crippen LogP contribution is 2.46. The molecule has 4 rings (SSSR count). The van der Waals surface area contributed by atoms with Gasteiger partial charge in [-0.25, -0.2) is 9.59 Å². The zero-order valence-corrected chi connectivity index (χ0v) is 16.8. The lowest BCUT2D eigenvalue weighted by Gasteiger charge is -2.18. The highest BCUT2D eigenvalue weighted by Gasteiger charge is 2.50. The molecule has 0 radical (unpaired) electrons. The van der Waals surface area contributed by atoms with Crippen LogP contribution >= 0.6 is 0 Å². The average molecular weight is 424 g/mol. The first-order valence-electron chi connectivity index (χ1n) is 10.2. The Kier molecular flexibility index (Phi) is 5.65. The summed E-state index contributed by atoms with van der Waals surface area (Å²) >= 11 is 0. The molecular weight excluding hydrogens is 400 g/mol. The Hall–Kier alpha value is -3.39. The van der Waals surface area contributed by atoms with Crippen LogP contribution in [0.4, 0.5) is 4.79 Å². The number of ether oxygens (including phenoxy) is 1. The number of aliphatic hydroxyl groups excluding tert-OH is 1. The summed E-state index contributed by atoms with van der Waals surface area (Å²) in [4.78, 5) is 35.2. The summed E-state index contributed by atoms with van der Waals surface area (Å²) in [6.45, 7) is -0.0939. The number of aliphatic carboxylic acids is 1. The van der Waals surface area contributed by atoms with Gasteiger partial charge in [0.05, 0.1) is 12.0 Å². The van der Waals surface area contributed by atoms with Crippen LogP contribution in [-0.4, -0.2) is 54.0 Å². The minimum Gasteiger partial charge on any atom is -0.479 e. The molecule has 2 aromatic rings. The summed E-state index contributed by atoms with van der Waals surface area (Å²) in [5.74, 6) is -1.83. The van der Waals surface area contributed by atoms with Crippen molar-refractivity contribution < 1.29 is 29.3 Å². The standard InChI is InChI=1S/C23H24N2O6/c26-19(20(27)28)11-24-21(29)23(9-10-23)13-25-22(30)31-12-18-16-7-3-1-5-14(16)15-6-2-4-8-17(15)18/h1-8,18-19,26H,9-13H2,(H,24,29)(H,25,30)(H,27,28). The van der Waals surface area contributed by atoms with Crippen LogP contribution in [0.3, 0.4) is 0 Å². The zero-order valence-electron chi connectivity index (χ0n) is 16.8. The molecule has 2 amide bonds. The van der Waals surface area contributed by atoms with Crippen LogP contribution in [0.5, 0.6) is 0 Å². The number of carboxylic acids is 1. The van der Waals surface area contributed by atoms with Crippen LogP contribution in [0.1, 0.15) is 29.9 Å². The quantitative estimate of drug-likeness (QED) is 0.513. The van der Waals surface area contributed by atoms with Crippen LogP contribution in [0.2, 0.25) is 0 Å². The second-order valence-corrected chi connectivity index (χ2v) is 8.02. The van der Waals surface area contributed by atoms with Crippen molar-refractivity contribution >= 4 is 18.0 Å². The third-order valence-corrected chi connectivity index (χ3v) is 5.99. The first-order chi connectivity index (χ1) is 14.9. The number of benzene rings is 2. The summed E-state index contributed by atoms with van der Waals surface area (Å²) in [5.41, 5.74) is 3.75. The van der Waals surface area contributed by atoms with Gasteiger partial charge in [0.25, 0.3) is 0 Å². The maximum atomic E-state index is 12.3. The minimum absolute atomic E-state index is 0.0474. The molecule has 2 aliphatic carbocycles. The van der Waals surface area contributed by atoms with E-state index in [9.17, 15) is 19.5 Å². The van der Waals surface area contributed by atoms with E-state index in [0.717, 1.165) is 22.3 Å². The maximum Gasteiger partial charge on any atom is 0.407 e. The first-order valence-corrected chi connectivity index (χ1v) is 10.2. The molecular formula is C23H24N2O6. The number of carboxylic acid groups (broad SMARTS) is 1. The largest absolute Gasteiger partial charge is 0.479 e. The van der Waals surface area contributed by atoms with E-state index in [2.05, 4.69) is 22.8 Å². The lowest BCUT2D eigenvalue weighted by Crippen LogP contribution is -2.44. The summed E-state index contributed by atoms with van der Waals surface area (Å²) < 4.78 is 5.47. The van der Waals surface area contributed by atoms with E-state index in [0.29, 0.717) is 12.8 Å². The van der Waals surface area contributed by atoms with Gasteiger partial charge in [-0.15, -0.1) is 0 Å². The first kappa shape index (κ1) is 20.9. The lowest BCUT2D eigenvalue weighted by atomic mass is 9.98. The van der Waals surface area contributed by atoms with Crippen molar-refractivity contribution in [3.63, 3.8) is 0 Å². The van der Waals surface area contributed by atoms with Gasteiger partial charge in [-0.3, -0.25) is 4.79 Å². The molecule has 8 heteroatoms. The van der Waals surface area contributed by atoms with Crippen molar-refractivity contribution in [2.24, 2.45) is 5.41 Å². The van der Waals surface area contributed by atoms with E-state index in [1.165, 1.54) is 0 Å². The van der Waals surface area contributed by atoms with Crippen molar-refractivity contribution in [1.29, 1.82) is 0 Å². The van der Waals surface area contributed by atoms with E-state index in [-0.39, 0.29) is 31.5 Å². The topological polar surface area (TPSA) is 125 Å². The Morgan fingerprint density at radius 2 is 1.58 bits per heavy atom. The lowest BCUT2D eigenvalue weighted by molar-refractivity contribution is -0.146. The fourth-order valence-electron chi connectivity index (χ4n) is 3.99. The van der Waals surface area contributed by atoms with Gasteiger partial charge in [-0.2, -0.15) is 0 Å². The third kappa shape index (κ3) is 4.25. The van der Waals surface area contributed by atoms with Crippen molar-refractivity contribution in [3.8, 4) is 11.1 Å². The van der Waals surface area contributed by atoms with Gasteiger partial charge in [-0.05, 0) is 35.1 Å². The molecule has 1 saturated carbocycles. The van der Waals surface area contributed by atoms with E-state index >= 15 is 0 Å². The molecule has 0 aromatic heterocycles. The fraction of sp³-hybridized carbons (Fsp3) is 0.348.